The molecule has 1 saturated heterocycles. The van der Waals surface area contributed by atoms with E-state index in [4.69, 9.17) is 28.7 Å². The predicted molar refractivity (Wildman–Crippen MR) is 212 cm³/mol. The summed E-state index contributed by atoms with van der Waals surface area (Å²) in [7, 11) is -2.53. The molecular formula is C41H53F2N5O11S. The number of aromatic nitrogens is 1. The molecule has 0 bridgehead atoms. The van der Waals surface area contributed by atoms with Gasteiger partial charge < -0.3 is 39.2 Å². The van der Waals surface area contributed by atoms with E-state index >= 15 is 0 Å². The first-order valence-corrected chi connectivity index (χ1v) is 21.8. The topological polar surface area (TPSA) is 201 Å². The molecule has 7 atom stereocenters. The number of benzene rings is 1. The number of alkyl carbamates (subject to hydrolysis) is 1. The third-order valence-corrected chi connectivity index (χ3v) is 14.4. The summed E-state index contributed by atoms with van der Waals surface area (Å²) in [5, 5.41) is 6.67. The number of hydrogen-bond donors (Lipinski definition) is 3. The molecule has 0 spiro atoms. The number of nitrogens with zero attached hydrogens (tertiary/aromatic N) is 2. The van der Waals surface area contributed by atoms with Crippen molar-refractivity contribution in [3.8, 4) is 17.5 Å². The predicted octanol–water partition coefficient (Wildman–Crippen LogP) is 4.07. The summed E-state index contributed by atoms with van der Waals surface area (Å²) in [6.07, 6.45) is -0.0657. The van der Waals surface area contributed by atoms with Crippen molar-refractivity contribution in [2.75, 3.05) is 20.3 Å². The minimum atomic E-state index is -4.08. The smallest absolute Gasteiger partial charge is 0.408 e. The number of carbonyl (C=O) groups excluding carboxylic acids is 4. The van der Waals surface area contributed by atoms with Crippen LogP contribution < -0.4 is 29.6 Å². The summed E-state index contributed by atoms with van der Waals surface area (Å²) in [4.78, 5) is 62.5. The molecule has 0 unspecified atom stereocenters. The molecule has 2 aliphatic carbocycles. The van der Waals surface area contributed by atoms with Crippen LogP contribution in [0.5, 0.6) is 17.5 Å². The molecule has 19 heteroatoms. The number of pyridine rings is 1. The van der Waals surface area contributed by atoms with Gasteiger partial charge in [-0.2, -0.15) is 4.98 Å². The molecule has 4 heterocycles. The first-order valence-electron chi connectivity index (χ1n) is 20.4. The molecule has 7 rings (SSSR count). The van der Waals surface area contributed by atoms with Crippen molar-refractivity contribution in [2.45, 2.75) is 139 Å². The molecule has 2 aromatic rings. The third kappa shape index (κ3) is 8.56. The molecule has 60 heavy (non-hydrogen) atoms. The fraction of sp³-hybridized carbons (Fsp3) is 0.634. The molecule has 3 aliphatic heterocycles. The number of hydrogen-bond acceptors (Lipinski definition) is 12. The van der Waals surface area contributed by atoms with Gasteiger partial charge >= 0.3 is 6.09 Å². The van der Waals surface area contributed by atoms with E-state index in [9.17, 15) is 36.4 Å². The number of alkyl halides is 2. The van der Waals surface area contributed by atoms with E-state index < -0.39 is 92.5 Å². The number of halogens is 2. The van der Waals surface area contributed by atoms with Gasteiger partial charge in [0.2, 0.25) is 33.6 Å². The number of methoxy groups -OCH3 is 1. The van der Waals surface area contributed by atoms with Crippen molar-refractivity contribution in [1.29, 1.82) is 0 Å². The normalized spacial score (nSPS) is 29.6. The van der Waals surface area contributed by atoms with Gasteiger partial charge in [-0.25, -0.2) is 22.0 Å². The highest BCUT2D eigenvalue weighted by molar-refractivity contribution is 7.91. The lowest BCUT2D eigenvalue weighted by atomic mass is 10.0. The molecule has 328 valence electrons. The van der Waals surface area contributed by atoms with Crippen molar-refractivity contribution in [1.82, 2.24) is 25.2 Å². The summed E-state index contributed by atoms with van der Waals surface area (Å²) in [6.45, 7) is 7.13. The van der Waals surface area contributed by atoms with Crippen LogP contribution in [0.4, 0.5) is 13.6 Å². The number of amides is 4. The molecule has 0 radical (unpaired) electrons. The molecule has 3 fully saturated rings. The zero-order valence-electron chi connectivity index (χ0n) is 34.5. The van der Waals surface area contributed by atoms with Gasteiger partial charge in [-0.05, 0) is 103 Å². The summed E-state index contributed by atoms with van der Waals surface area (Å²) >= 11 is 0. The highest BCUT2D eigenvalue weighted by Gasteiger charge is 2.63. The number of rotatable bonds is 9. The van der Waals surface area contributed by atoms with Crippen LogP contribution in [-0.2, 0) is 40.3 Å². The summed E-state index contributed by atoms with van der Waals surface area (Å²) in [5.74, 6) is -1.88. The fourth-order valence-electron chi connectivity index (χ4n) is 7.99. The van der Waals surface area contributed by atoms with Crippen LogP contribution in [0, 0.1) is 5.92 Å². The van der Waals surface area contributed by atoms with Crippen LogP contribution in [0.3, 0.4) is 0 Å². The first-order chi connectivity index (χ1) is 28.3. The van der Waals surface area contributed by atoms with Crippen LogP contribution in [0.1, 0.15) is 85.1 Å². The zero-order chi connectivity index (χ0) is 43.4. The Balaban J connectivity index is 1.25. The highest BCUT2D eigenvalue weighted by atomic mass is 32.2. The van der Waals surface area contributed by atoms with E-state index in [0.717, 1.165) is 31.2 Å². The standard InChI is InChI=1S/C41H53F2N5O11S/c1-22-10-7-8-11-24-20-41(24,37(51)47-60(53,54)40(5)15-16-40)46-32(49)30-19-26(21-48(30)35(50)31(23(2)57-22)44-38(52)59-39(3,4)36(42)43)58-34-28-14-13-25(55-6)18-29(28)27-12-9-17-56-33(27)45-34/h8,11,13-14,18,22-24,26,30-31,36H,7,9-10,12,15-17,19-21H2,1-6H3,(H,44,52)(H,46,49)(H,47,51)/b11-8-/t22-,23-,24+,26+,30-,31-,41+/m0/s1. The second kappa shape index (κ2) is 16.2. The zero-order valence-corrected chi connectivity index (χ0v) is 35.4. The van der Waals surface area contributed by atoms with Crippen molar-refractivity contribution in [2.24, 2.45) is 5.92 Å². The van der Waals surface area contributed by atoms with E-state index in [1.807, 2.05) is 12.1 Å². The minimum Gasteiger partial charge on any atom is -0.497 e. The van der Waals surface area contributed by atoms with E-state index in [1.54, 1.807) is 39.2 Å². The fourth-order valence-corrected chi connectivity index (χ4v) is 9.30. The minimum absolute atomic E-state index is 0.0986. The van der Waals surface area contributed by atoms with Gasteiger partial charge in [-0.1, -0.05) is 12.2 Å². The number of fused-ring (bicyclic) bond motifs is 5. The maximum Gasteiger partial charge on any atom is 0.408 e. The van der Waals surface area contributed by atoms with Gasteiger partial charge in [0, 0.05) is 23.3 Å². The molecule has 2 saturated carbocycles. The Kier molecular flexibility index (Phi) is 11.7. The Hall–Kier alpha value is -4.78. The van der Waals surface area contributed by atoms with E-state index in [0.29, 0.717) is 55.7 Å². The van der Waals surface area contributed by atoms with Crippen LogP contribution >= 0.6 is 0 Å². The maximum absolute atomic E-state index is 14.8. The Morgan fingerprint density at radius 2 is 1.90 bits per heavy atom. The van der Waals surface area contributed by atoms with Crippen molar-refractivity contribution in [3.05, 3.63) is 35.9 Å². The van der Waals surface area contributed by atoms with Crippen LogP contribution in [0.2, 0.25) is 0 Å². The van der Waals surface area contributed by atoms with Crippen molar-refractivity contribution in [3.63, 3.8) is 0 Å². The SMILES string of the molecule is COc1ccc2c(O[C@@H]3C[C@H]4C(=O)N[C@]5(C(=O)NS(=O)(=O)C6(C)CC6)C[C@H]5/C=C\CC[C@H](C)O[C@@H](C)[C@H](NC(=O)OC(C)(C)C(F)F)C(=O)N4C3)nc3c(c2c1)CCCO3. The van der Waals surface area contributed by atoms with Crippen LogP contribution in [0.25, 0.3) is 10.8 Å². The second-order valence-electron chi connectivity index (χ2n) is 17.3. The molecule has 16 nitrogen and oxygen atoms in total. The number of nitrogens with one attached hydrogen (secondary N) is 3. The molecule has 1 aromatic heterocycles. The summed E-state index contributed by atoms with van der Waals surface area (Å²) < 4.78 is 84.3. The van der Waals surface area contributed by atoms with Gasteiger partial charge in [0.05, 0.1) is 37.2 Å². The van der Waals surface area contributed by atoms with E-state index in [2.05, 4.69) is 15.4 Å². The van der Waals surface area contributed by atoms with E-state index in [-0.39, 0.29) is 25.3 Å². The summed E-state index contributed by atoms with van der Waals surface area (Å²) in [5.41, 5.74) is -2.97. The Morgan fingerprint density at radius 1 is 1.15 bits per heavy atom. The van der Waals surface area contributed by atoms with Crippen LogP contribution in [-0.4, -0.2) is 115 Å². The number of allylic oxidation sites excluding steroid dienone is 1. The monoisotopic (exact) mass is 861 g/mol. The van der Waals surface area contributed by atoms with E-state index in [1.165, 1.54) is 11.8 Å². The van der Waals surface area contributed by atoms with Crippen LogP contribution in [0.15, 0.2) is 30.4 Å². The Morgan fingerprint density at radius 3 is 2.60 bits per heavy atom. The third-order valence-electron chi connectivity index (χ3n) is 12.2. The molecule has 3 N–H and O–H groups in total. The largest absolute Gasteiger partial charge is 0.497 e. The summed E-state index contributed by atoms with van der Waals surface area (Å²) in [6, 6.07) is 2.53. The van der Waals surface area contributed by atoms with Gasteiger partial charge in [-0.15, -0.1) is 0 Å². The van der Waals surface area contributed by atoms with Gasteiger partial charge in [0.1, 0.15) is 29.5 Å². The van der Waals surface area contributed by atoms with Gasteiger partial charge in [-0.3, -0.25) is 19.1 Å². The molecule has 4 amide bonds. The second-order valence-corrected chi connectivity index (χ2v) is 19.5. The van der Waals surface area contributed by atoms with Gasteiger partial charge in [0.25, 0.3) is 12.3 Å². The first kappa shape index (κ1) is 43.3. The molecule has 1 aromatic carbocycles. The molecular weight excluding hydrogens is 809 g/mol. The maximum atomic E-state index is 14.8. The Bertz CT molecular complexity index is 2180. The number of ether oxygens (including phenoxy) is 5. The van der Waals surface area contributed by atoms with Crippen molar-refractivity contribution < 1.29 is 60.1 Å². The number of aryl methyl sites for hydroxylation is 1. The lowest BCUT2D eigenvalue weighted by Gasteiger charge is -2.33. The number of carbonyl (C=O) groups is 4. The van der Waals surface area contributed by atoms with Crippen molar-refractivity contribution >= 4 is 44.6 Å². The number of sulfonamides is 1. The lowest BCUT2D eigenvalue weighted by Crippen LogP contribution is -2.60. The Labute approximate surface area is 347 Å². The average molecular weight is 862 g/mol. The molecule has 5 aliphatic rings. The highest BCUT2D eigenvalue weighted by Crippen LogP contribution is 2.48. The lowest BCUT2D eigenvalue weighted by molar-refractivity contribution is -0.145. The quantitative estimate of drug-likeness (QED) is 0.306. The average Bonchev–Trinajstić information content (AvgIpc) is 4.07. The van der Waals surface area contributed by atoms with Gasteiger partial charge in [0.15, 0.2) is 5.60 Å².